The number of aromatic nitrogens is 4. The fourth-order valence-electron chi connectivity index (χ4n) is 11.5. The molecule has 290 valence electrons. The molecule has 0 saturated heterocycles. The Morgan fingerprint density at radius 2 is 0.839 bits per heavy atom. The maximum Gasteiger partial charge on any atom is 0.0645 e. The van der Waals surface area contributed by atoms with Crippen molar-refractivity contribution in [3.63, 3.8) is 0 Å². The molecule has 12 aromatic rings. The van der Waals surface area contributed by atoms with Crippen LogP contribution in [0, 0.1) is 0 Å². The molecule has 0 unspecified atom stereocenters. The van der Waals surface area contributed by atoms with Gasteiger partial charge in [0.1, 0.15) is 0 Å². The number of nitrogens with zero attached hydrogens (tertiary/aromatic N) is 4. The van der Waals surface area contributed by atoms with Gasteiger partial charge in [-0.25, -0.2) is 0 Å². The van der Waals surface area contributed by atoms with Crippen LogP contribution in [0.4, 0.5) is 0 Å². The highest BCUT2D eigenvalue weighted by Crippen LogP contribution is 2.52. The van der Waals surface area contributed by atoms with E-state index in [0.717, 1.165) is 37.1 Å². The highest BCUT2D eigenvalue weighted by Gasteiger charge is 2.33. The zero-order chi connectivity index (χ0) is 40.5. The molecule has 4 heterocycles. The number of rotatable bonds is 4. The molecule has 4 heteroatoms. The molecular formula is C58H38N4. The maximum absolute atomic E-state index is 4.65. The highest BCUT2D eigenvalue weighted by molar-refractivity contribution is 6.17. The molecule has 0 bridgehead atoms. The van der Waals surface area contributed by atoms with Crippen LogP contribution in [0.1, 0.15) is 22.3 Å². The van der Waals surface area contributed by atoms with Crippen molar-refractivity contribution in [3.05, 3.63) is 205 Å². The Morgan fingerprint density at radius 1 is 0.371 bits per heavy atom. The lowest BCUT2D eigenvalue weighted by molar-refractivity contribution is 0.883. The number of benzene rings is 8. The van der Waals surface area contributed by atoms with Crippen LogP contribution >= 0.6 is 0 Å². The van der Waals surface area contributed by atoms with Crippen LogP contribution in [-0.4, -0.2) is 19.1 Å². The SMILES string of the molecule is c1cncc(-n2c3ccc(-c4cccc5ccccc45)cc3c3cc4c5c(c32)CCc2c-5c(cc3c5cc(-c6cccc7ccccc67)ccc5n(-c5cccnc5)c23)CC4)c1. The summed E-state index contributed by atoms with van der Waals surface area (Å²) in [4.78, 5) is 9.30. The van der Waals surface area contributed by atoms with Crippen LogP contribution in [0.5, 0.6) is 0 Å². The van der Waals surface area contributed by atoms with Gasteiger partial charge in [0.15, 0.2) is 0 Å². The predicted octanol–water partition coefficient (Wildman–Crippen LogP) is 14.2. The fraction of sp³-hybridized carbons (Fsp3) is 0.0690. The van der Waals surface area contributed by atoms with Crippen molar-refractivity contribution in [2.75, 3.05) is 0 Å². The summed E-state index contributed by atoms with van der Waals surface area (Å²) in [6, 6.07) is 58.6. The van der Waals surface area contributed by atoms with Crippen LogP contribution in [-0.2, 0) is 25.7 Å². The van der Waals surface area contributed by atoms with E-state index < -0.39 is 0 Å². The molecule has 0 atom stereocenters. The van der Waals surface area contributed by atoms with Gasteiger partial charge in [0, 0.05) is 33.9 Å². The smallest absolute Gasteiger partial charge is 0.0645 e. The lowest BCUT2D eigenvalue weighted by Gasteiger charge is -2.31. The third-order valence-electron chi connectivity index (χ3n) is 14.0. The minimum atomic E-state index is 0.952. The van der Waals surface area contributed by atoms with E-state index in [4.69, 9.17) is 0 Å². The lowest BCUT2D eigenvalue weighted by atomic mass is 9.74. The molecule has 4 nitrogen and oxygen atoms in total. The summed E-state index contributed by atoms with van der Waals surface area (Å²) >= 11 is 0. The van der Waals surface area contributed by atoms with Gasteiger partial charge in [0.25, 0.3) is 0 Å². The third-order valence-corrected chi connectivity index (χ3v) is 14.0. The summed E-state index contributed by atoms with van der Waals surface area (Å²) < 4.78 is 5.00. The number of pyridine rings is 2. The lowest BCUT2D eigenvalue weighted by Crippen LogP contribution is -2.16. The average molecular weight is 791 g/mol. The van der Waals surface area contributed by atoms with Gasteiger partial charge in [-0.3, -0.25) is 9.97 Å². The van der Waals surface area contributed by atoms with Gasteiger partial charge in [-0.1, -0.05) is 97.1 Å². The normalized spacial score (nSPS) is 13.2. The maximum atomic E-state index is 4.65. The molecule has 0 radical (unpaired) electrons. The van der Waals surface area contributed by atoms with Crippen molar-refractivity contribution >= 4 is 65.2 Å². The van der Waals surface area contributed by atoms with Gasteiger partial charge >= 0.3 is 0 Å². The van der Waals surface area contributed by atoms with Gasteiger partial charge in [0.2, 0.25) is 0 Å². The van der Waals surface area contributed by atoms with Crippen molar-refractivity contribution in [2.45, 2.75) is 25.7 Å². The molecule has 14 rings (SSSR count). The molecule has 0 spiro atoms. The van der Waals surface area contributed by atoms with E-state index in [9.17, 15) is 0 Å². The van der Waals surface area contributed by atoms with Crippen molar-refractivity contribution in [1.82, 2.24) is 19.1 Å². The van der Waals surface area contributed by atoms with E-state index >= 15 is 0 Å². The number of hydrogen-bond donors (Lipinski definition) is 0. The van der Waals surface area contributed by atoms with Crippen LogP contribution in [0.25, 0.3) is 110 Å². The highest BCUT2D eigenvalue weighted by atomic mass is 15.0. The Kier molecular flexibility index (Phi) is 7.03. The van der Waals surface area contributed by atoms with Crippen LogP contribution in [0.2, 0.25) is 0 Å². The molecule has 62 heavy (non-hydrogen) atoms. The van der Waals surface area contributed by atoms with E-state index in [1.54, 1.807) is 0 Å². The Balaban J connectivity index is 1.05. The number of hydrogen-bond acceptors (Lipinski definition) is 2. The molecule has 2 aliphatic rings. The Hall–Kier alpha value is -7.82. The average Bonchev–Trinajstić information content (AvgIpc) is 3.85. The van der Waals surface area contributed by atoms with Crippen LogP contribution in [0.3, 0.4) is 0 Å². The molecule has 8 aromatic carbocycles. The zero-order valence-electron chi connectivity index (χ0n) is 33.9. The molecule has 0 fully saturated rings. The molecule has 0 N–H and O–H groups in total. The second-order valence-electron chi connectivity index (χ2n) is 17.2. The Morgan fingerprint density at radius 3 is 1.31 bits per heavy atom. The monoisotopic (exact) mass is 790 g/mol. The van der Waals surface area contributed by atoms with Gasteiger partial charge < -0.3 is 9.13 Å². The standard InChI is InChI=1S/C58H38N4/c1-3-15-43-35(9-1)11-5-17-45(43)37-21-25-53-49(29-37)51-31-39-19-20-40-32-52-50-30-38(46-18-6-12-36-10-2-4-16-44(36)46)22-26-54(50)62(42-14-8-28-60-34-42)58(52)48-24-23-47(55(39)56(40)48)57(51)61(53)41-13-7-27-59-33-41/h1-18,21-22,25-34H,19-20,23-24H2. The first kappa shape index (κ1) is 34.0. The molecule has 0 aliphatic heterocycles. The summed E-state index contributed by atoms with van der Waals surface area (Å²) in [5.41, 5.74) is 21.0. The summed E-state index contributed by atoms with van der Waals surface area (Å²) in [6.45, 7) is 0. The van der Waals surface area contributed by atoms with E-state index in [1.807, 2.05) is 24.8 Å². The third kappa shape index (κ3) is 4.72. The molecule has 2 aliphatic carbocycles. The van der Waals surface area contributed by atoms with E-state index in [1.165, 1.54) is 121 Å². The molecule has 4 aromatic heterocycles. The summed E-state index contributed by atoms with van der Waals surface area (Å²) in [5.74, 6) is 0. The van der Waals surface area contributed by atoms with Crippen LogP contribution < -0.4 is 0 Å². The summed E-state index contributed by atoms with van der Waals surface area (Å²) in [5, 5.41) is 10.3. The van der Waals surface area contributed by atoms with Crippen LogP contribution in [0.15, 0.2) is 183 Å². The van der Waals surface area contributed by atoms with Gasteiger partial charge in [-0.2, -0.15) is 0 Å². The van der Waals surface area contributed by atoms with E-state index in [0.29, 0.717) is 0 Å². The largest absolute Gasteiger partial charge is 0.307 e. The minimum absolute atomic E-state index is 0.952. The van der Waals surface area contributed by atoms with E-state index in [-0.39, 0.29) is 0 Å². The Labute approximate surface area is 358 Å². The van der Waals surface area contributed by atoms with Gasteiger partial charge in [-0.05, 0) is 164 Å². The fourth-order valence-corrected chi connectivity index (χ4v) is 11.5. The van der Waals surface area contributed by atoms with Gasteiger partial charge in [-0.15, -0.1) is 0 Å². The van der Waals surface area contributed by atoms with Gasteiger partial charge in [0.05, 0.1) is 45.8 Å². The number of fused-ring (bicyclic) bond motifs is 10. The molecule has 0 amide bonds. The second kappa shape index (κ2) is 12.8. The second-order valence-corrected chi connectivity index (χ2v) is 17.2. The van der Waals surface area contributed by atoms with Crippen molar-refractivity contribution in [3.8, 4) is 44.8 Å². The molecular weight excluding hydrogens is 753 g/mol. The Bertz CT molecular complexity index is 3590. The zero-order valence-corrected chi connectivity index (χ0v) is 33.9. The van der Waals surface area contributed by atoms with Crippen molar-refractivity contribution in [2.24, 2.45) is 0 Å². The topological polar surface area (TPSA) is 35.6 Å². The van der Waals surface area contributed by atoms with Crippen molar-refractivity contribution < 1.29 is 0 Å². The molecule has 0 saturated carbocycles. The minimum Gasteiger partial charge on any atom is -0.307 e. The first-order chi connectivity index (χ1) is 30.8. The predicted molar refractivity (Wildman–Crippen MR) is 257 cm³/mol. The summed E-state index contributed by atoms with van der Waals surface area (Å²) in [6.07, 6.45) is 11.7. The number of aryl methyl sites for hydroxylation is 4. The summed E-state index contributed by atoms with van der Waals surface area (Å²) in [7, 11) is 0. The first-order valence-electron chi connectivity index (χ1n) is 21.8. The van der Waals surface area contributed by atoms with Crippen molar-refractivity contribution in [1.29, 1.82) is 0 Å². The quantitative estimate of drug-likeness (QED) is 0.178. The first-order valence-corrected chi connectivity index (χ1v) is 21.8. The van der Waals surface area contributed by atoms with E-state index in [2.05, 4.69) is 177 Å².